The second-order valence-electron chi connectivity index (χ2n) is 3.83. The SMILES string of the molecule is CC1CCNC(c2ccsc2)C1N. The maximum absolute atomic E-state index is 6.16. The van der Waals surface area contributed by atoms with Gasteiger partial charge in [-0.3, -0.25) is 0 Å². The predicted octanol–water partition coefficient (Wildman–Crippen LogP) is 1.75. The lowest BCUT2D eigenvalue weighted by Crippen LogP contribution is -2.47. The largest absolute Gasteiger partial charge is 0.326 e. The Morgan fingerprint density at radius 2 is 2.46 bits per heavy atom. The Hall–Kier alpha value is -0.380. The van der Waals surface area contributed by atoms with E-state index in [1.165, 1.54) is 12.0 Å². The fraction of sp³-hybridized carbons (Fsp3) is 0.600. The average Bonchev–Trinajstić information content (AvgIpc) is 2.62. The lowest BCUT2D eigenvalue weighted by molar-refractivity contribution is 0.275. The Labute approximate surface area is 83.1 Å². The number of hydrogen-bond acceptors (Lipinski definition) is 3. The molecule has 0 radical (unpaired) electrons. The van der Waals surface area contributed by atoms with Crippen LogP contribution in [0.1, 0.15) is 24.9 Å². The van der Waals surface area contributed by atoms with Gasteiger partial charge in [0.2, 0.25) is 0 Å². The van der Waals surface area contributed by atoms with E-state index >= 15 is 0 Å². The third kappa shape index (κ3) is 1.77. The molecular formula is C10H16N2S. The molecule has 0 amide bonds. The van der Waals surface area contributed by atoms with Gasteiger partial charge in [-0.1, -0.05) is 6.92 Å². The van der Waals surface area contributed by atoms with Crippen LogP contribution in [-0.2, 0) is 0 Å². The van der Waals surface area contributed by atoms with Gasteiger partial charge in [0.25, 0.3) is 0 Å². The molecule has 2 nitrogen and oxygen atoms in total. The third-order valence-corrected chi connectivity index (χ3v) is 3.61. The standard InChI is InChI=1S/C10H16N2S/c1-7-2-4-12-10(9(7)11)8-3-5-13-6-8/h3,5-7,9-10,12H,2,4,11H2,1H3. The van der Waals surface area contributed by atoms with Gasteiger partial charge in [0.15, 0.2) is 0 Å². The average molecular weight is 196 g/mol. The van der Waals surface area contributed by atoms with Crippen LogP contribution in [0.5, 0.6) is 0 Å². The summed E-state index contributed by atoms with van der Waals surface area (Å²) in [7, 11) is 0. The van der Waals surface area contributed by atoms with Crippen LogP contribution in [0, 0.1) is 5.92 Å². The first kappa shape index (κ1) is 9.19. The first-order chi connectivity index (χ1) is 6.29. The molecule has 1 saturated heterocycles. The summed E-state index contributed by atoms with van der Waals surface area (Å²) < 4.78 is 0. The smallest absolute Gasteiger partial charge is 0.0484 e. The molecule has 0 aromatic carbocycles. The fourth-order valence-corrected chi connectivity index (χ4v) is 2.61. The molecule has 1 aromatic heterocycles. The summed E-state index contributed by atoms with van der Waals surface area (Å²) in [4.78, 5) is 0. The Morgan fingerprint density at radius 3 is 3.15 bits per heavy atom. The number of rotatable bonds is 1. The van der Waals surface area contributed by atoms with Crippen molar-refractivity contribution in [3.05, 3.63) is 22.4 Å². The van der Waals surface area contributed by atoms with Crippen molar-refractivity contribution in [1.82, 2.24) is 5.32 Å². The predicted molar refractivity (Wildman–Crippen MR) is 56.8 cm³/mol. The number of hydrogen-bond donors (Lipinski definition) is 2. The molecule has 3 atom stereocenters. The molecule has 2 rings (SSSR count). The van der Waals surface area contributed by atoms with Crippen LogP contribution in [0.4, 0.5) is 0 Å². The lowest BCUT2D eigenvalue weighted by atomic mass is 9.86. The summed E-state index contributed by atoms with van der Waals surface area (Å²) in [5, 5.41) is 7.79. The maximum atomic E-state index is 6.16. The molecule has 2 heterocycles. The molecule has 3 unspecified atom stereocenters. The van der Waals surface area contributed by atoms with E-state index in [1.807, 2.05) is 0 Å². The van der Waals surface area contributed by atoms with Crippen LogP contribution in [0.25, 0.3) is 0 Å². The molecule has 1 aromatic rings. The van der Waals surface area contributed by atoms with E-state index in [-0.39, 0.29) is 6.04 Å². The minimum absolute atomic E-state index is 0.267. The first-order valence-corrected chi connectivity index (χ1v) is 5.74. The third-order valence-electron chi connectivity index (χ3n) is 2.91. The monoisotopic (exact) mass is 196 g/mol. The zero-order valence-electron chi connectivity index (χ0n) is 7.86. The first-order valence-electron chi connectivity index (χ1n) is 4.80. The number of piperidine rings is 1. The van der Waals surface area contributed by atoms with E-state index in [0.717, 1.165) is 6.54 Å². The summed E-state index contributed by atoms with van der Waals surface area (Å²) in [6.45, 7) is 3.33. The van der Waals surface area contributed by atoms with E-state index in [1.54, 1.807) is 11.3 Å². The molecule has 1 fully saturated rings. The van der Waals surface area contributed by atoms with Crippen LogP contribution in [-0.4, -0.2) is 12.6 Å². The Morgan fingerprint density at radius 1 is 1.62 bits per heavy atom. The van der Waals surface area contributed by atoms with Gasteiger partial charge >= 0.3 is 0 Å². The van der Waals surface area contributed by atoms with Gasteiger partial charge in [0.1, 0.15) is 0 Å². The molecule has 13 heavy (non-hydrogen) atoms. The van der Waals surface area contributed by atoms with Crippen LogP contribution < -0.4 is 11.1 Å². The topological polar surface area (TPSA) is 38.0 Å². The highest BCUT2D eigenvalue weighted by atomic mass is 32.1. The van der Waals surface area contributed by atoms with Crippen LogP contribution in [0.15, 0.2) is 16.8 Å². The van der Waals surface area contributed by atoms with Gasteiger partial charge in [-0.2, -0.15) is 11.3 Å². The Bertz CT molecular complexity index is 258. The van der Waals surface area contributed by atoms with Gasteiger partial charge in [-0.05, 0) is 41.3 Å². The van der Waals surface area contributed by atoms with Crippen molar-refractivity contribution < 1.29 is 0 Å². The summed E-state index contributed by atoms with van der Waals surface area (Å²) in [6.07, 6.45) is 1.20. The van der Waals surface area contributed by atoms with E-state index in [9.17, 15) is 0 Å². The Kier molecular flexibility index (Phi) is 2.67. The fourth-order valence-electron chi connectivity index (χ4n) is 1.92. The minimum Gasteiger partial charge on any atom is -0.326 e. The summed E-state index contributed by atoms with van der Waals surface area (Å²) in [6, 6.07) is 2.80. The molecular weight excluding hydrogens is 180 g/mol. The molecule has 1 aliphatic heterocycles. The van der Waals surface area contributed by atoms with E-state index in [0.29, 0.717) is 12.0 Å². The zero-order valence-corrected chi connectivity index (χ0v) is 8.68. The van der Waals surface area contributed by atoms with Crippen molar-refractivity contribution in [3.8, 4) is 0 Å². The van der Waals surface area contributed by atoms with Crippen molar-refractivity contribution >= 4 is 11.3 Å². The molecule has 72 valence electrons. The van der Waals surface area contributed by atoms with Crippen molar-refractivity contribution in [1.29, 1.82) is 0 Å². The molecule has 3 heteroatoms. The molecule has 0 spiro atoms. The highest BCUT2D eigenvalue weighted by molar-refractivity contribution is 7.07. The van der Waals surface area contributed by atoms with E-state index in [4.69, 9.17) is 5.73 Å². The van der Waals surface area contributed by atoms with E-state index in [2.05, 4.69) is 29.1 Å². The summed E-state index contributed by atoms with van der Waals surface area (Å²) in [5.41, 5.74) is 7.51. The van der Waals surface area contributed by atoms with Gasteiger partial charge in [-0.15, -0.1) is 0 Å². The van der Waals surface area contributed by atoms with E-state index < -0.39 is 0 Å². The minimum atomic E-state index is 0.267. The molecule has 1 aliphatic rings. The lowest BCUT2D eigenvalue weighted by Gasteiger charge is -2.34. The molecule has 3 N–H and O–H groups in total. The van der Waals surface area contributed by atoms with Gasteiger partial charge in [0, 0.05) is 12.1 Å². The summed E-state index contributed by atoms with van der Waals surface area (Å²) >= 11 is 1.74. The molecule has 0 aliphatic carbocycles. The summed E-state index contributed by atoms with van der Waals surface area (Å²) in [5.74, 6) is 0.631. The van der Waals surface area contributed by atoms with Crippen LogP contribution in [0.3, 0.4) is 0 Å². The number of nitrogens with two attached hydrogens (primary N) is 1. The normalized spacial score (nSPS) is 34.8. The van der Waals surface area contributed by atoms with Crippen molar-refractivity contribution in [2.45, 2.75) is 25.4 Å². The number of thiophene rings is 1. The van der Waals surface area contributed by atoms with Gasteiger partial charge in [-0.25, -0.2) is 0 Å². The maximum Gasteiger partial charge on any atom is 0.0484 e. The van der Waals surface area contributed by atoms with Crippen LogP contribution in [0.2, 0.25) is 0 Å². The highest BCUT2D eigenvalue weighted by Crippen LogP contribution is 2.27. The Balaban J connectivity index is 2.14. The van der Waals surface area contributed by atoms with Gasteiger partial charge < -0.3 is 11.1 Å². The van der Waals surface area contributed by atoms with Crippen molar-refractivity contribution in [3.63, 3.8) is 0 Å². The van der Waals surface area contributed by atoms with Crippen molar-refractivity contribution in [2.24, 2.45) is 11.7 Å². The molecule has 0 bridgehead atoms. The van der Waals surface area contributed by atoms with Gasteiger partial charge in [0.05, 0.1) is 0 Å². The second-order valence-corrected chi connectivity index (χ2v) is 4.61. The number of nitrogens with one attached hydrogen (secondary N) is 1. The highest BCUT2D eigenvalue weighted by Gasteiger charge is 2.28. The zero-order chi connectivity index (χ0) is 9.26. The van der Waals surface area contributed by atoms with Crippen LogP contribution >= 0.6 is 11.3 Å². The van der Waals surface area contributed by atoms with Crippen molar-refractivity contribution in [2.75, 3.05) is 6.54 Å². The molecule has 0 saturated carbocycles. The second kappa shape index (κ2) is 3.78. The quantitative estimate of drug-likeness (QED) is 0.718.